The van der Waals surface area contributed by atoms with Gasteiger partial charge in [-0.3, -0.25) is 14.6 Å². The largest absolute Gasteiger partial charge is 0.342 e. The summed E-state index contributed by atoms with van der Waals surface area (Å²) in [5, 5.41) is 0. The van der Waals surface area contributed by atoms with Gasteiger partial charge >= 0.3 is 0 Å². The number of hydrogen-bond acceptors (Lipinski definition) is 3. The summed E-state index contributed by atoms with van der Waals surface area (Å²) in [6.07, 6.45) is 3.96. The van der Waals surface area contributed by atoms with Crippen molar-refractivity contribution in [1.29, 1.82) is 0 Å². The van der Waals surface area contributed by atoms with E-state index in [-0.39, 0.29) is 23.8 Å². The van der Waals surface area contributed by atoms with Crippen LogP contribution in [0, 0.1) is 12.8 Å². The number of likely N-dealkylation sites (tertiary alicyclic amines) is 1. The normalized spacial score (nSPS) is 15.9. The summed E-state index contributed by atoms with van der Waals surface area (Å²) in [6.45, 7) is 5.33. The monoisotopic (exact) mass is 379 g/mol. The summed E-state index contributed by atoms with van der Waals surface area (Å²) < 4.78 is 0. The Morgan fingerprint density at radius 2 is 1.82 bits per heavy atom. The van der Waals surface area contributed by atoms with E-state index in [1.54, 1.807) is 6.20 Å². The minimum atomic E-state index is -0.0155. The third-order valence-corrected chi connectivity index (χ3v) is 5.67. The van der Waals surface area contributed by atoms with Gasteiger partial charge in [0.1, 0.15) is 0 Å². The highest BCUT2D eigenvalue weighted by Crippen LogP contribution is 2.22. The van der Waals surface area contributed by atoms with Crippen LogP contribution in [0.25, 0.3) is 0 Å². The second kappa shape index (κ2) is 9.00. The Kier molecular flexibility index (Phi) is 6.45. The number of carbonyl (C=O) groups excluding carboxylic acids is 2. The van der Waals surface area contributed by atoms with Gasteiger partial charge in [0.25, 0.3) is 5.91 Å². The summed E-state index contributed by atoms with van der Waals surface area (Å²) in [4.78, 5) is 33.6. The van der Waals surface area contributed by atoms with Gasteiger partial charge in [0.2, 0.25) is 5.91 Å². The van der Waals surface area contributed by atoms with Gasteiger partial charge in [-0.2, -0.15) is 0 Å². The maximum Gasteiger partial charge on any atom is 0.253 e. The third-order valence-electron chi connectivity index (χ3n) is 5.67. The van der Waals surface area contributed by atoms with Crippen molar-refractivity contribution in [2.24, 2.45) is 5.92 Å². The molecule has 1 atom stereocenters. The van der Waals surface area contributed by atoms with Gasteiger partial charge in [0.15, 0.2) is 0 Å². The molecule has 2 aromatic rings. The van der Waals surface area contributed by atoms with Crippen molar-refractivity contribution in [2.75, 3.05) is 20.1 Å². The number of aryl methyl sites for hydroxylation is 1. The van der Waals surface area contributed by atoms with Crippen molar-refractivity contribution in [1.82, 2.24) is 14.8 Å². The number of aromatic nitrogens is 1. The third kappa shape index (κ3) is 4.77. The fraction of sp³-hybridized carbons (Fsp3) is 0.435. The van der Waals surface area contributed by atoms with E-state index in [2.05, 4.69) is 11.9 Å². The highest BCUT2D eigenvalue weighted by Gasteiger charge is 2.30. The van der Waals surface area contributed by atoms with E-state index in [1.807, 2.05) is 66.2 Å². The number of nitrogens with zero attached hydrogens (tertiary/aromatic N) is 3. The highest BCUT2D eigenvalue weighted by atomic mass is 16.2. The fourth-order valence-electron chi connectivity index (χ4n) is 3.67. The molecule has 148 valence electrons. The molecule has 1 aromatic heterocycles. The summed E-state index contributed by atoms with van der Waals surface area (Å²) in [5.41, 5.74) is 2.85. The number of pyridine rings is 1. The van der Waals surface area contributed by atoms with Crippen molar-refractivity contribution < 1.29 is 9.59 Å². The lowest BCUT2D eigenvalue weighted by Crippen LogP contribution is -2.46. The number of likely N-dealkylation sites (N-methyl/N-ethyl adjacent to an activating group) is 1. The molecule has 3 rings (SSSR count). The summed E-state index contributed by atoms with van der Waals surface area (Å²) >= 11 is 0. The molecule has 0 bridgehead atoms. The van der Waals surface area contributed by atoms with Gasteiger partial charge in [0, 0.05) is 56.0 Å². The van der Waals surface area contributed by atoms with Crippen LogP contribution in [0.5, 0.6) is 0 Å². The molecular formula is C23H29N3O2. The van der Waals surface area contributed by atoms with Gasteiger partial charge < -0.3 is 9.80 Å². The van der Waals surface area contributed by atoms with E-state index >= 15 is 0 Å². The number of piperidine rings is 1. The molecular weight excluding hydrogens is 350 g/mol. The Balaban J connectivity index is 1.52. The van der Waals surface area contributed by atoms with Gasteiger partial charge in [-0.25, -0.2) is 0 Å². The molecule has 1 saturated heterocycles. The predicted molar refractivity (Wildman–Crippen MR) is 110 cm³/mol. The van der Waals surface area contributed by atoms with Crippen molar-refractivity contribution in [2.45, 2.75) is 39.2 Å². The van der Waals surface area contributed by atoms with E-state index in [1.165, 1.54) is 0 Å². The minimum absolute atomic E-state index is 0.0155. The fourth-order valence-corrected chi connectivity index (χ4v) is 3.67. The average molecular weight is 380 g/mol. The summed E-state index contributed by atoms with van der Waals surface area (Å²) in [6, 6.07) is 13.6. The van der Waals surface area contributed by atoms with Crippen LogP contribution in [0.4, 0.5) is 0 Å². The van der Waals surface area contributed by atoms with E-state index < -0.39 is 0 Å². The van der Waals surface area contributed by atoms with E-state index in [9.17, 15) is 9.59 Å². The van der Waals surface area contributed by atoms with Crippen molar-refractivity contribution in [3.8, 4) is 0 Å². The minimum Gasteiger partial charge on any atom is -0.342 e. The zero-order chi connectivity index (χ0) is 20.1. The second-order valence-electron chi connectivity index (χ2n) is 7.76. The van der Waals surface area contributed by atoms with Crippen molar-refractivity contribution >= 4 is 11.8 Å². The Labute approximate surface area is 167 Å². The molecule has 0 radical (unpaired) electrons. The van der Waals surface area contributed by atoms with Crippen molar-refractivity contribution in [3.05, 3.63) is 65.5 Å². The maximum atomic E-state index is 12.9. The van der Waals surface area contributed by atoms with Gasteiger partial charge in [-0.15, -0.1) is 0 Å². The van der Waals surface area contributed by atoms with Crippen LogP contribution in [0.1, 0.15) is 41.4 Å². The molecule has 0 N–H and O–H groups in total. The zero-order valence-electron chi connectivity index (χ0n) is 17.0. The summed E-state index contributed by atoms with van der Waals surface area (Å²) in [7, 11) is 1.87. The van der Waals surface area contributed by atoms with Crippen LogP contribution in [0.2, 0.25) is 0 Å². The SMILES string of the molecule is Cc1ccc(C(=O)N2CCC(C(=O)N(C)C(C)Cc3ccccn3)CC2)cc1. The lowest BCUT2D eigenvalue weighted by atomic mass is 9.94. The van der Waals surface area contributed by atoms with E-state index in [4.69, 9.17) is 0 Å². The Morgan fingerprint density at radius 1 is 1.14 bits per heavy atom. The zero-order valence-corrected chi connectivity index (χ0v) is 17.0. The lowest BCUT2D eigenvalue weighted by molar-refractivity contribution is -0.137. The molecule has 0 aliphatic carbocycles. The Morgan fingerprint density at radius 3 is 2.43 bits per heavy atom. The molecule has 1 aliphatic rings. The quantitative estimate of drug-likeness (QED) is 0.801. The number of carbonyl (C=O) groups is 2. The Hall–Kier alpha value is -2.69. The molecule has 1 aliphatic heterocycles. The smallest absolute Gasteiger partial charge is 0.253 e. The van der Waals surface area contributed by atoms with E-state index in [0.717, 1.165) is 36.1 Å². The first kappa shape index (κ1) is 20.1. The molecule has 0 spiro atoms. The van der Waals surface area contributed by atoms with Crippen LogP contribution in [-0.4, -0.2) is 52.8 Å². The summed E-state index contributed by atoms with van der Waals surface area (Å²) in [5.74, 6) is 0.215. The first-order valence-electron chi connectivity index (χ1n) is 9.98. The van der Waals surface area contributed by atoms with Crippen LogP contribution < -0.4 is 0 Å². The maximum absolute atomic E-state index is 12.9. The molecule has 28 heavy (non-hydrogen) atoms. The first-order chi connectivity index (χ1) is 13.5. The number of rotatable bonds is 5. The molecule has 1 fully saturated rings. The van der Waals surface area contributed by atoms with Crippen LogP contribution >= 0.6 is 0 Å². The average Bonchev–Trinajstić information content (AvgIpc) is 2.73. The molecule has 2 heterocycles. The lowest BCUT2D eigenvalue weighted by Gasteiger charge is -2.35. The molecule has 1 unspecified atom stereocenters. The molecule has 2 amide bonds. The molecule has 5 heteroatoms. The first-order valence-corrected chi connectivity index (χ1v) is 9.98. The van der Waals surface area contributed by atoms with Gasteiger partial charge in [0.05, 0.1) is 0 Å². The second-order valence-corrected chi connectivity index (χ2v) is 7.76. The van der Waals surface area contributed by atoms with Gasteiger partial charge in [-0.1, -0.05) is 23.8 Å². The molecule has 0 saturated carbocycles. The number of amides is 2. The van der Waals surface area contributed by atoms with Crippen LogP contribution in [0.15, 0.2) is 48.7 Å². The predicted octanol–water partition coefficient (Wildman–Crippen LogP) is 3.33. The molecule has 1 aromatic carbocycles. The van der Waals surface area contributed by atoms with Gasteiger partial charge in [-0.05, 0) is 51.0 Å². The number of benzene rings is 1. The van der Waals surface area contributed by atoms with Crippen LogP contribution in [0.3, 0.4) is 0 Å². The number of hydrogen-bond donors (Lipinski definition) is 0. The standard InChI is InChI=1S/C23H29N3O2/c1-17-7-9-19(10-8-17)23(28)26-14-11-20(12-15-26)22(27)25(3)18(2)16-21-6-4-5-13-24-21/h4-10,13,18,20H,11-12,14-16H2,1-3H3. The van der Waals surface area contributed by atoms with Crippen LogP contribution in [-0.2, 0) is 11.2 Å². The highest BCUT2D eigenvalue weighted by molar-refractivity contribution is 5.94. The Bertz CT molecular complexity index is 796. The van der Waals surface area contributed by atoms with E-state index in [0.29, 0.717) is 13.1 Å². The topological polar surface area (TPSA) is 53.5 Å². The van der Waals surface area contributed by atoms with Crippen molar-refractivity contribution in [3.63, 3.8) is 0 Å². The molecule has 5 nitrogen and oxygen atoms in total.